The average Bonchev–Trinajstić information content (AvgIpc) is 2.85. The van der Waals surface area contributed by atoms with Crippen molar-refractivity contribution >= 4 is 0 Å². The number of benzene rings is 1. The second-order valence-corrected chi connectivity index (χ2v) is 3.55. The fourth-order valence-corrected chi connectivity index (χ4v) is 1.56. The van der Waals surface area contributed by atoms with Crippen molar-refractivity contribution in [2.45, 2.75) is 12.6 Å². The number of rotatable bonds is 4. The first-order valence-corrected chi connectivity index (χ1v) is 5.20. The molecule has 16 heavy (non-hydrogen) atoms. The van der Waals surface area contributed by atoms with Gasteiger partial charge in [0.05, 0.1) is 6.07 Å². The molecule has 0 fully saturated rings. The fourth-order valence-electron chi connectivity index (χ4n) is 1.56. The van der Waals surface area contributed by atoms with Crippen molar-refractivity contribution in [3.8, 4) is 6.07 Å². The smallest absolute Gasteiger partial charge is 0.136 e. The predicted octanol–water partition coefficient (Wildman–Crippen LogP) is 2.37. The summed E-state index contributed by atoms with van der Waals surface area (Å²) in [5, 5.41) is 12.2. The highest BCUT2D eigenvalue weighted by Gasteiger charge is 2.09. The molecule has 0 spiro atoms. The minimum atomic E-state index is -0.282. The van der Waals surface area contributed by atoms with Gasteiger partial charge in [0.2, 0.25) is 0 Å². The Morgan fingerprint density at radius 1 is 1.19 bits per heavy atom. The Balaban J connectivity index is 1.97. The van der Waals surface area contributed by atoms with Gasteiger partial charge < -0.3 is 4.98 Å². The van der Waals surface area contributed by atoms with E-state index in [1.54, 1.807) is 0 Å². The van der Waals surface area contributed by atoms with E-state index in [0.717, 1.165) is 5.69 Å². The van der Waals surface area contributed by atoms with E-state index in [0.29, 0.717) is 6.54 Å². The first kappa shape index (κ1) is 10.5. The van der Waals surface area contributed by atoms with Crippen LogP contribution in [-0.4, -0.2) is 4.98 Å². The first-order valence-electron chi connectivity index (χ1n) is 5.20. The Bertz CT molecular complexity index is 454. The topological polar surface area (TPSA) is 51.6 Å². The third-order valence-corrected chi connectivity index (χ3v) is 2.42. The van der Waals surface area contributed by atoms with Crippen molar-refractivity contribution in [2.24, 2.45) is 0 Å². The van der Waals surface area contributed by atoms with E-state index in [9.17, 15) is 0 Å². The van der Waals surface area contributed by atoms with Crippen LogP contribution >= 0.6 is 0 Å². The number of nitrogens with one attached hydrogen (secondary N) is 2. The highest BCUT2D eigenvalue weighted by Crippen LogP contribution is 2.09. The Labute approximate surface area is 94.7 Å². The molecule has 3 heteroatoms. The van der Waals surface area contributed by atoms with E-state index in [1.165, 1.54) is 5.56 Å². The zero-order valence-electron chi connectivity index (χ0n) is 8.85. The lowest BCUT2D eigenvalue weighted by Gasteiger charge is -2.09. The molecule has 1 aromatic heterocycles. The molecule has 0 aliphatic rings. The Morgan fingerprint density at radius 3 is 2.62 bits per heavy atom. The van der Waals surface area contributed by atoms with Crippen molar-refractivity contribution in [1.82, 2.24) is 10.3 Å². The number of nitrogens with zero attached hydrogens (tertiary/aromatic N) is 1. The molecule has 0 radical (unpaired) electrons. The minimum Gasteiger partial charge on any atom is -0.363 e. The number of hydrogen-bond acceptors (Lipinski definition) is 2. The number of H-pyrrole nitrogens is 1. The molecule has 80 valence electrons. The van der Waals surface area contributed by atoms with Crippen molar-refractivity contribution in [2.75, 3.05) is 0 Å². The molecule has 0 saturated heterocycles. The summed E-state index contributed by atoms with van der Waals surface area (Å²) in [6, 6.07) is 15.8. The SMILES string of the molecule is N#CC(NCc1ccccc1)c1ccc[nH]1. The van der Waals surface area contributed by atoms with Crippen molar-refractivity contribution in [3.63, 3.8) is 0 Å². The maximum Gasteiger partial charge on any atom is 0.136 e. The highest BCUT2D eigenvalue weighted by molar-refractivity contribution is 5.18. The molecule has 0 amide bonds. The van der Waals surface area contributed by atoms with Crippen LogP contribution in [0.3, 0.4) is 0 Å². The zero-order valence-corrected chi connectivity index (χ0v) is 8.85. The average molecular weight is 211 g/mol. The Hall–Kier alpha value is -2.05. The van der Waals surface area contributed by atoms with E-state index in [4.69, 9.17) is 5.26 Å². The van der Waals surface area contributed by atoms with Crippen LogP contribution in [-0.2, 0) is 6.54 Å². The van der Waals surface area contributed by atoms with Crippen LogP contribution < -0.4 is 5.32 Å². The number of aromatic nitrogens is 1. The molecule has 2 aromatic rings. The van der Waals surface area contributed by atoms with Gasteiger partial charge in [-0.05, 0) is 17.7 Å². The van der Waals surface area contributed by atoms with Gasteiger partial charge in [0.15, 0.2) is 0 Å². The molecule has 1 heterocycles. The largest absolute Gasteiger partial charge is 0.363 e. The third-order valence-electron chi connectivity index (χ3n) is 2.42. The van der Waals surface area contributed by atoms with E-state index in [1.807, 2.05) is 48.7 Å². The lowest BCUT2D eigenvalue weighted by molar-refractivity contribution is 0.619. The summed E-state index contributed by atoms with van der Waals surface area (Å²) in [6.45, 7) is 0.693. The first-order chi connectivity index (χ1) is 7.90. The van der Waals surface area contributed by atoms with E-state index in [-0.39, 0.29) is 6.04 Å². The molecular weight excluding hydrogens is 198 g/mol. The molecule has 1 aromatic carbocycles. The molecule has 0 aliphatic carbocycles. The van der Waals surface area contributed by atoms with Gasteiger partial charge in [0.1, 0.15) is 6.04 Å². The van der Waals surface area contributed by atoms with Gasteiger partial charge in [-0.2, -0.15) is 5.26 Å². The standard InChI is InChI=1S/C13H13N3/c14-9-13(12-7-4-8-15-12)16-10-11-5-2-1-3-6-11/h1-8,13,15-16H,10H2. The molecule has 0 saturated carbocycles. The van der Waals surface area contributed by atoms with Crippen LogP contribution in [0.25, 0.3) is 0 Å². The van der Waals surface area contributed by atoms with Gasteiger partial charge in [0, 0.05) is 18.4 Å². The monoisotopic (exact) mass is 211 g/mol. The number of aromatic amines is 1. The normalized spacial score (nSPS) is 11.9. The number of nitriles is 1. The fraction of sp³-hybridized carbons (Fsp3) is 0.154. The lowest BCUT2D eigenvalue weighted by atomic mass is 10.2. The summed E-state index contributed by atoms with van der Waals surface area (Å²) in [5.41, 5.74) is 2.08. The molecule has 2 N–H and O–H groups in total. The van der Waals surface area contributed by atoms with Crippen molar-refractivity contribution in [3.05, 3.63) is 59.9 Å². The predicted molar refractivity (Wildman–Crippen MR) is 62.4 cm³/mol. The van der Waals surface area contributed by atoms with Gasteiger partial charge in [-0.25, -0.2) is 0 Å². The Kier molecular flexibility index (Phi) is 3.37. The van der Waals surface area contributed by atoms with E-state index < -0.39 is 0 Å². The van der Waals surface area contributed by atoms with Crippen LogP contribution in [0, 0.1) is 11.3 Å². The van der Waals surface area contributed by atoms with Crippen LogP contribution in [0.15, 0.2) is 48.7 Å². The Morgan fingerprint density at radius 2 is 2.00 bits per heavy atom. The maximum atomic E-state index is 9.04. The van der Waals surface area contributed by atoms with Gasteiger partial charge in [-0.15, -0.1) is 0 Å². The van der Waals surface area contributed by atoms with Crippen LogP contribution in [0.2, 0.25) is 0 Å². The summed E-state index contributed by atoms with van der Waals surface area (Å²) in [6.07, 6.45) is 1.82. The van der Waals surface area contributed by atoms with Crippen LogP contribution in [0.4, 0.5) is 0 Å². The van der Waals surface area contributed by atoms with Gasteiger partial charge in [0.25, 0.3) is 0 Å². The molecule has 1 unspecified atom stereocenters. The lowest BCUT2D eigenvalue weighted by Crippen LogP contribution is -2.19. The second-order valence-electron chi connectivity index (χ2n) is 3.55. The molecule has 3 nitrogen and oxygen atoms in total. The molecule has 2 rings (SSSR count). The molecule has 1 atom stereocenters. The summed E-state index contributed by atoms with van der Waals surface area (Å²) in [5.74, 6) is 0. The van der Waals surface area contributed by atoms with E-state index >= 15 is 0 Å². The van der Waals surface area contributed by atoms with E-state index in [2.05, 4.69) is 16.4 Å². The summed E-state index contributed by atoms with van der Waals surface area (Å²) in [4.78, 5) is 3.04. The maximum absolute atomic E-state index is 9.04. The second kappa shape index (κ2) is 5.15. The quantitative estimate of drug-likeness (QED) is 0.815. The number of hydrogen-bond donors (Lipinski definition) is 2. The summed E-state index contributed by atoms with van der Waals surface area (Å²) in [7, 11) is 0. The van der Waals surface area contributed by atoms with Gasteiger partial charge in [-0.1, -0.05) is 30.3 Å². The molecule has 0 aliphatic heterocycles. The van der Waals surface area contributed by atoms with Gasteiger partial charge in [-0.3, -0.25) is 5.32 Å². The zero-order chi connectivity index (χ0) is 11.2. The highest BCUT2D eigenvalue weighted by atomic mass is 14.9. The molecular formula is C13H13N3. The minimum absolute atomic E-state index is 0.282. The summed E-state index contributed by atoms with van der Waals surface area (Å²) >= 11 is 0. The molecule has 0 bridgehead atoms. The van der Waals surface area contributed by atoms with Crippen LogP contribution in [0.5, 0.6) is 0 Å². The van der Waals surface area contributed by atoms with Gasteiger partial charge >= 0.3 is 0 Å². The van der Waals surface area contributed by atoms with Crippen LogP contribution in [0.1, 0.15) is 17.3 Å². The third kappa shape index (κ3) is 2.50. The summed E-state index contributed by atoms with van der Waals surface area (Å²) < 4.78 is 0. The van der Waals surface area contributed by atoms with Crippen molar-refractivity contribution < 1.29 is 0 Å². The van der Waals surface area contributed by atoms with Crippen molar-refractivity contribution in [1.29, 1.82) is 5.26 Å².